The Hall–Kier alpha value is -2.67. The van der Waals surface area contributed by atoms with E-state index in [9.17, 15) is 8.42 Å². The molecule has 124 valence electrons. The van der Waals surface area contributed by atoms with Crippen LogP contribution in [0.5, 0.6) is 0 Å². The number of hydrogen-bond acceptors (Lipinski definition) is 5. The van der Waals surface area contributed by atoms with Gasteiger partial charge in [-0.2, -0.15) is 4.98 Å². The number of benzene rings is 2. The van der Waals surface area contributed by atoms with Gasteiger partial charge in [-0.3, -0.25) is 4.72 Å². The first-order chi connectivity index (χ1) is 11.3. The normalized spacial score (nSPS) is 11.5. The van der Waals surface area contributed by atoms with Crippen LogP contribution in [0.4, 0.5) is 5.69 Å². The van der Waals surface area contributed by atoms with Crippen LogP contribution in [0.25, 0.3) is 11.5 Å². The number of aromatic nitrogens is 2. The molecule has 0 fully saturated rings. The second-order valence-electron chi connectivity index (χ2n) is 5.60. The summed E-state index contributed by atoms with van der Waals surface area (Å²) in [7, 11) is -3.64. The third-order valence-electron chi connectivity index (χ3n) is 3.54. The second kappa shape index (κ2) is 6.09. The molecule has 0 unspecified atom stereocenters. The highest BCUT2D eigenvalue weighted by Crippen LogP contribution is 2.23. The van der Waals surface area contributed by atoms with Crippen molar-refractivity contribution in [1.82, 2.24) is 10.1 Å². The SMILES string of the molecule is Cc1ccc(C)c(S(=O)(=O)Nc2ccc(-c3nc(C)no3)cc2)c1. The van der Waals surface area contributed by atoms with Crippen LogP contribution >= 0.6 is 0 Å². The van der Waals surface area contributed by atoms with E-state index in [0.29, 0.717) is 23.0 Å². The molecule has 3 aromatic rings. The average molecular weight is 343 g/mol. The van der Waals surface area contributed by atoms with E-state index in [0.717, 1.165) is 11.1 Å². The molecule has 0 saturated heterocycles. The summed E-state index contributed by atoms with van der Waals surface area (Å²) in [5.74, 6) is 0.945. The molecular formula is C17H17N3O3S. The van der Waals surface area contributed by atoms with Gasteiger partial charge in [-0.05, 0) is 62.2 Å². The zero-order valence-corrected chi connectivity index (χ0v) is 14.4. The lowest BCUT2D eigenvalue weighted by atomic mass is 10.2. The van der Waals surface area contributed by atoms with Crippen LogP contribution in [0.15, 0.2) is 51.9 Å². The molecule has 0 spiro atoms. The van der Waals surface area contributed by atoms with Crippen LogP contribution in [0, 0.1) is 20.8 Å². The molecular weight excluding hydrogens is 326 g/mol. The Morgan fingerprint density at radius 3 is 2.33 bits per heavy atom. The van der Waals surface area contributed by atoms with E-state index in [-0.39, 0.29) is 4.90 Å². The summed E-state index contributed by atoms with van der Waals surface area (Å²) in [6, 6.07) is 12.1. The maximum absolute atomic E-state index is 12.6. The van der Waals surface area contributed by atoms with Crippen LogP contribution < -0.4 is 4.72 Å². The second-order valence-corrected chi connectivity index (χ2v) is 7.25. The highest BCUT2D eigenvalue weighted by atomic mass is 32.2. The van der Waals surface area contributed by atoms with Crippen molar-refractivity contribution in [3.63, 3.8) is 0 Å². The Morgan fingerprint density at radius 1 is 1.00 bits per heavy atom. The number of sulfonamides is 1. The van der Waals surface area contributed by atoms with Gasteiger partial charge in [-0.25, -0.2) is 8.42 Å². The molecule has 0 amide bonds. The van der Waals surface area contributed by atoms with Crippen molar-refractivity contribution in [2.45, 2.75) is 25.7 Å². The Morgan fingerprint density at radius 2 is 1.71 bits per heavy atom. The summed E-state index contributed by atoms with van der Waals surface area (Å²) >= 11 is 0. The zero-order valence-electron chi connectivity index (χ0n) is 13.6. The van der Waals surface area contributed by atoms with Gasteiger partial charge in [0.25, 0.3) is 15.9 Å². The lowest BCUT2D eigenvalue weighted by molar-refractivity contribution is 0.425. The lowest BCUT2D eigenvalue weighted by Crippen LogP contribution is -2.14. The van der Waals surface area contributed by atoms with Gasteiger partial charge < -0.3 is 4.52 Å². The van der Waals surface area contributed by atoms with Crippen molar-refractivity contribution in [2.75, 3.05) is 4.72 Å². The minimum Gasteiger partial charge on any atom is -0.334 e. The molecule has 0 aliphatic rings. The van der Waals surface area contributed by atoms with E-state index in [1.54, 1.807) is 50.2 Å². The van der Waals surface area contributed by atoms with E-state index in [1.165, 1.54) is 0 Å². The molecule has 0 bridgehead atoms. The highest BCUT2D eigenvalue weighted by molar-refractivity contribution is 7.92. The first-order valence-electron chi connectivity index (χ1n) is 7.36. The van der Waals surface area contributed by atoms with Crippen molar-refractivity contribution in [3.8, 4) is 11.5 Å². The van der Waals surface area contributed by atoms with Gasteiger partial charge in [-0.1, -0.05) is 17.3 Å². The number of nitrogens with zero attached hydrogens (tertiary/aromatic N) is 2. The molecule has 0 saturated carbocycles. The molecule has 0 radical (unpaired) electrons. The largest absolute Gasteiger partial charge is 0.334 e. The van der Waals surface area contributed by atoms with Gasteiger partial charge in [0.2, 0.25) is 0 Å². The third-order valence-corrected chi connectivity index (χ3v) is 5.07. The lowest BCUT2D eigenvalue weighted by Gasteiger charge is -2.11. The van der Waals surface area contributed by atoms with Gasteiger partial charge >= 0.3 is 0 Å². The summed E-state index contributed by atoms with van der Waals surface area (Å²) < 4.78 is 32.8. The minimum absolute atomic E-state index is 0.277. The number of anilines is 1. The number of nitrogens with one attached hydrogen (secondary N) is 1. The predicted octanol–water partition coefficient (Wildman–Crippen LogP) is 3.46. The van der Waals surface area contributed by atoms with Gasteiger partial charge in [0, 0.05) is 11.3 Å². The van der Waals surface area contributed by atoms with E-state index < -0.39 is 10.0 Å². The Labute approximate surface area is 140 Å². The van der Waals surface area contributed by atoms with Crippen molar-refractivity contribution in [1.29, 1.82) is 0 Å². The fourth-order valence-electron chi connectivity index (χ4n) is 2.30. The average Bonchev–Trinajstić information content (AvgIpc) is 2.96. The Balaban J connectivity index is 1.86. The maximum Gasteiger partial charge on any atom is 0.262 e. The smallest absolute Gasteiger partial charge is 0.262 e. The summed E-state index contributed by atoms with van der Waals surface area (Å²) in [5, 5.41) is 3.73. The summed E-state index contributed by atoms with van der Waals surface area (Å²) in [6.45, 7) is 5.37. The monoisotopic (exact) mass is 343 g/mol. The quantitative estimate of drug-likeness (QED) is 0.784. The number of aryl methyl sites for hydroxylation is 3. The van der Waals surface area contributed by atoms with Gasteiger partial charge in [0.1, 0.15) is 0 Å². The molecule has 7 heteroatoms. The first kappa shape index (κ1) is 16.2. The molecule has 24 heavy (non-hydrogen) atoms. The Bertz CT molecular complexity index is 977. The molecule has 0 aliphatic carbocycles. The third kappa shape index (κ3) is 3.30. The van der Waals surface area contributed by atoms with Crippen LogP contribution in [-0.2, 0) is 10.0 Å². The summed E-state index contributed by atoms with van der Waals surface area (Å²) in [4.78, 5) is 4.41. The van der Waals surface area contributed by atoms with Crippen molar-refractivity contribution in [3.05, 3.63) is 59.4 Å². The fourth-order valence-corrected chi connectivity index (χ4v) is 3.69. The minimum atomic E-state index is -3.64. The van der Waals surface area contributed by atoms with E-state index in [4.69, 9.17) is 4.52 Å². The van der Waals surface area contributed by atoms with Gasteiger partial charge in [0.05, 0.1) is 4.90 Å². The Kier molecular flexibility index (Phi) is 4.11. The zero-order chi connectivity index (χ0) is 17.3. The topological polar surface area (TPSA) is 85.1 Å². The standard InChI is InChI=1S/C17H17N3O3S/c1-11-4-5-12(2)16(10-11)24(21,22)20-15-8-6-14(7-9-15)17-18-13(3)19-23-17/h4-10,20H,1-3H3. The van der Waals surface area contributed by atoms with E-state index in [1.807, 2.05) is 13.0 Å². The molecule has 1 heterocycles. The summed E-state index contributed by atoms with van der Waals surface area (Å²) in [6.07, 6.45) is 0. The number of rotatable bonds is 4. The van der Waals surface area contributed by atoms with Gasteiger partial charge in [-0.15, -0.1) is 0 Å². The molecule has 0 aliphatic heterocycles. The molecule has 1 aromatic heterocycles. The van der Waals surface area contributed by atoms with Crippen molar-refractivity contribution >= 4 is 15.7 Å². The van der Waals surface area contributed by atoms with Crippen LogP contribution in [0.2, 0.25) is 0 Å². The molecule has 0 atom stereocenters. The number of hydrogen-bond donors (Lipinski definition) is 1. The molecule has 3 rings (SSSR count). The molecule has 6 nitrogen and oxygen atoms in total. The van der Waals surface area contributed by atoms with Crippen molar-refractivity contribution < 1.29 is 12.9 Å². The van der Waals surface area contributed by atoms with E-state index >= 15 is 0 Å². The van der Waals surface area contributed by atoms with Crippen molar-refractivity contribution in [2.24, 2.45) is 0 Å². The molecule has 2 aromatic carbocycles. The summed E-state index contributed by atoms with van der Waals surface area (Å²) in [5.41, 5.74) is 2.79. The predicted molar refractivity (Wildman–Crippen MR) is 91.2 cm³/mol. The first-order valence-corrected chi connectivity index (χ1v) is 8.84. The fraction of sp³-hybridized carbons (Fsp3) is 0.176. The van der Waals surface area contributed by atoms with Crippen LogP contribution in [-0.4, -0.2) is 18.6 Å². The van der Waals surface area contributed by atoms with Crippen LogP contribution in [0.1, 0.15) is 17.0 Å². The maximum atomic E-state index is 12.6. The highest BCUT2D eigenvalue weighted by Gasteiger charge is 2.17. The van der Waals surface area contributed by atoms with E-state index in [2.05, 4.69) is 14.9 Å². The van der Waals surface area contributed by atoms with Crippen LogP contribution in [0.3, 0.4) is 0 Å². The van der Waals surface area contributed by atoms with Gasteiger partial charge in [0.15, 0.2) is 5.82 Å². The molecule has 1 N–H and O–H groups in total.